The molecule has 0 spiro atoms. The van der Waals surface area contributed by atoms with E-state index in [1.807, 2.05) is 0 Å². The van der Waals surface area contributed by atoms with Gasteiger partial charge in [-0.2, -0.15) is 0 Å². The topological polar surface area (TPSA) is 77.8 Å². The molecule has 0 aliphatic carbocycles. The molecule has 0 aromatic heterocycles. The van der Waals surface area contributed by atoms with E-state index in [2.05, 4.69) is 0 Å². The van der Waals surface area contributed by atoms with Crippen LogP contribution in [-0.4, -0.2) is 39.9 Å². The van der Waals surface area contributed by atoms with Gasteiger partial charge < -0.3 is 15.3 Å². The predicted molar refractivity (Wildman–Crippen MR) is 34.4 cm³/mol. The van der Waals surface area contributed by atoms with Crippen molar-refractivity contribution in [3.8, 4) is 0 Å². The number of aliphatic hydroxyl groups is 3. The molecule has 0 aromatic carbocycles. The highest BCUT2D eigenvalue weighted by molar-refractivity contribution is 5.76. The van der Waals surface area contributed by atoms with Crippen LogP contribution < -0.4 is 0 Å². The molecule has 0 heterocycles. The number of hydrogen-bond donors (Lipinski definition) is 3. The number of hydrogen-bond acceptors (Lipinski definition) is 4. The second-order valence-electron chi connectivity index (χ2n) is 2.22. The van der Waals surface area contributed by atoms with E-state index in [1.54, 1.807) is 0 Å². The zero-order valence-electron chi connectivity index (χ0n) is 5.82. The summed E-state index contributed by atoms with van der Waals surface area (Å²) >= 11 is 0. The Kier molecular flexibility index (Phi) is 4.18. The minimum absolute atomic E-state index is 0.109. The number of carbonyl (C=O) groups is 1. The van der Waals surface area contributed by atoms with Gasteiger partial charge in [-0.15, -0.1) is 0 Å². The predicted octanol–water partition coefficient (Wildman–Crippen LogP) is -1.32. The summed E-state index contributed by atoms with van der Waals surface area (Å²) in [7, 11) is 0. The van der Waals surface area contributed by atoms with Crippen molar-refractivity contribution >= 4 is 5.78 Å². The molecule has 0 bridgehead atoms. The monoisotopic (exact) mass is 148 g/mol. The number of aliphatic hydroxyl groups excluding tert-OH is 3. The van der Waals surface area contributed by atoms with E-state index < -0.39 is 18.8 Å². The molecule has 4 heteroatoms. The normalized spacial score (nSPS) is 16.4. The van der Waals surface area contributed by atoms with Gasteiger partial charge in [0.15, 0.2) is 0 Å². The fourth-order valence-electron chi connectivity index (χ4n) is 0.552. The van der Waals surface area contributed by atoms with Crippen LogP contribution in [0, 0.1) is 0 Å². The highest BCUT2D eigenvalue weighted by Gasteiger charge is 2.16. The molecule has 0 aliphatic rings. The van der Waals surface area contributed by atoms with Crippen LogP contribution in [0.4, 0.5) is 0 Å². The molecule has 0 saturated carbocycles. The number of ketones is 1. The zero-order chi connectivity index (χ0) is 8.15. The Bertz CT molecular complexity index is 112. The van der Waals surface area contributed by atoms with Gasteiger partial charge in [0.1, 0.15) is 11.9 Å². The van der Waals surface area contributed by atoms with E-state index in [0.717, 1.165) is 0 Å². The Morgan fingerprint density at radius 1 is 1.40 bits per heavy atom. The maximum absolute atomic E-state index is 10.3. The molecule has 0 amide bonds. The number of carbonyl (C=O) groups excluding carboxylic acids is 1. The van der Waals surface area contributed by atoms with E-state index in [1.165, 1.54) is 6.92 Å². The van der Waals surface area contributed by atoms with Gasteiger partial charge in [-0.05, 0) is 6.92 Å². The highest BCUT2D eigenvalue weighted by atomic mass is 16.4. The van der Waals surface area contributed by atoms with E-state index in [-0.39, 0.29) is 12.2 Å². The number of Topliss-reactive ketones (excluding diaryl/α,β-unsaturated/α-hetero) is 1. The summed E-state index contributed by atoms with van der Waals surface area (Å²) in [6, 6.07) is 0. The first-order chi connectivity index (χ1) is 4.57. The molecule has 10 heavy (non-hydrogen) atoms. The first-order valence-corrected chi connectivity index (χ1v) is 3.04. The maximum Gasteiger partial charge on any atom is 0.132 e. The van der Waals surface area contributed by atoms with Crippen LogP contribution >= 0.6 is 0 Å². The smallest absolute Gasteiger partial charge is 0.132 e. The lowest BCUT2D eigenvalue weighted by Gasteiger charge is -2.12. The molecular weight excluding hydrogens is 136 g/mol. The van der Waals surface area contributed by atoms with E-state index in [9.17, 15) is 4.79 Å². The van der Waals surface area contributed by atoms with Crippen LogP contribution in [0.1, 0.15) is 13.3 Å². The lowest BCUT2D eigenvalue weighted by molar-refractivity contribution is -0.121. The Morgan fingerprint density at radius 3 is 2.20 bits per heavy atom. The first-order valence-electron chi connectivity index (χ1n) is 3.04. The third-order valence-electron chi connectivity index (χ3n) is 1.13. The van der Waals surface area contributed by atoms with Crippen LogP contribution in [0.15, 0.2) is 0 Å². The van der Waals surface area contributed by atoms with Gasteiger partial charge in [0.25, 0.3) is 0 Å². The zero-order valence-corrected chi connectivity index (χ0v) is 5.82. The summed E-state index contributed by atoms with van der Waals surface area (Å²) in [5.74, 6) is -0.208. The Hall–Kier alpha value is -0.450. The van der Waals surface area contributed by atoms with Gasteiger partial charge in [-0.1, -0.05) is 0 Å². The van der Waals surface area contributed by atoms with Crippen molar-refractivity contribution in [1.29, 1.82) is 0 Å². The largest absolute Gasteiger partial charge is 0.394 e. The molecule has 3 N–H and O–H groups in total. The van der Waals surface area contributed by atoms with Crippen LogP contribution in [0.5, 0.6) is 0 Å². The summed E-state index contributed by atoms with van der Waals surface area (Å²) in [6.45, 7) is 0.793. The quantitative estimate of drug-likeness (QED) is 0.462. The van der Waals surface area contributed by atoms with Crippen LogP contribution in [0.25, 0.3) is 0 Å². The molecule has 0 radical (unpaired) electrons. The fourth-order valence-corrected chi connectivity index (χ4v) is 0.552. The molecule has 0 saturated heterocycles. The van der Waals surface area contributed by atoms with Gasteiger partial charge in [-0.25, -0.2) is 0 Å². The Labute approximate surface area is 59.1 Å². The summed E-state index contributed by atoms with van der Waals surface area (Å²) in [4.78, 5) is 10.3. The van der Waals surface area contributed by atoms with Crippen LogP contribution in [0.3, 0.4) is 0 Å². The molecule has 60 valence electrons. The van der Waals surface area contributed by atoms with Crippen LogP contribution in [0.2, 0.25) is 0 Å². The van der Waals surface area contributed by atoms with Crippen molar-refractivity contribution in [3.05, 3.63) is 0 Å². The summed E-state index contributed by atoms with van der Waals surface area (Å²) in [6.07, 6.45) is -2.45. The second kappa shape index (κ2) is 4.38. The van der Waals surface area contributed by atoms with Crippen molar-refractivity contribution in [3.63, 3.8) is 0 Å². The summed E-state index contributed by atoms with van der Waals surface area (Å²) in [5.41, 5.74) is 0. The molecule has 0 fully saturated rings. The summed E-state index contributed by atoms with van der Waals surface area (Å²) < 4.78 is 0. The lowest BCUT2D eigenvalue weighted by atomic mass is 10.1. The maximum atomic E-state index is 10.3. The van der Waals surface area contributed by atoms with Gasteiger partial charge in [0.05, 0.1) is 12.7 Å². The second-order valence-corrected chi connectivity index (χ2v) is 2.22. The third-order valence-corrected chi connectivity index (χ3v) is 1.13. The molecule has 0 aliphatic heterocycles. The average Bonchev–Trinajstić information content (AvgIpc) is 1.85. The highest BCUT2D eigenvalue weighted by Crippen LogP contribution is 1.98. The van der Waals surface area contributed by atoms with Gasteiger partial charge in [-0.3, -0.25) is 4.79 Å². The minimum atomic E-state index is -1.20. The van der Waals surface area contributed by atoms with Crippen LogP contribution in [-0.2, 0) is 4.79 Å². The Balaban J connectivity index is 3.61. The molecule has 0 unspecified atom stereocenters. The lowest BCUT2D eigenvalue weighted by Crippen LogP contribution is -2.30. The molecule has 0 aromatic rings. The summed E-state index contributed by atoms with van der Waals surface area (Å²) in [5, 5.41) is 25.9. The average molecular weight is 148 g/mol. The van der Waals surface area contributed by atoms with Gasteiger partial charge in [0.2, 0.25) is 0 Å². The van der Waals surface area contributed by atoms with E-state index in [0.29, 0.717) is 0 Å². The van der Waals surface area contributed by atoms with E-state index in [4.69, 9.17) is 15.3 Å². The molecule has 2 atom stereocenters. The molecule has 4 nitrogen and oxygen atoms in total. The fraction of sp³-hybridized carbons (Fsp3) is 0.833. The van der Waals surface area contributed by atoms with Crippen molar-refractivity contribution < 1.29 is 20.1 Å². The van der Waals surface area contributed by atoms with Crippen molar-refractivity contribution in [2.45, 2.75) is 25.6 Å². The van der Waals surface area contributed by atoms with Crippen molar-refractivity contribution in [2.24, 2.45) is 0 Å². The number of rotatable bonds is 4. The third kappa shape index (κ3) is 3.55. The van der Waals surface area contributed by atoms with E-state index >= 15 is 0 Å². The standard InChI is InChI=1S/C6H12O4/c1-4(8)2-5(9)6(10)3-7/h5-7,9-10H,2-3H2,1H3/t5-,6-/m0/s1. The van der Waals surface area contributed by atoms with Crippen molar-refractivity contribution in [2.75, 3.05) is 6.61 Å². The first kappa shape index (κ1) is 9.55. The van der Waals surface area contributed by atoms with Crippen molar-refractivity contribution in [1.82, 2.24) is 0 Å². The molecular formula is C6H12O4. The van der Waals surface area contributed by atoms with Gasteiger partial charge in [0, 0.05) is 6.42 Å². The minimum Gasteiger partial charge on any atom is -0.394 e. The molecule has 0 rings (SSSR count). The Morgan fingerprint density at radius 2 is 1.90 bits per heavy atom. The SMILES string of the molecule is CC(=O)C[C@H](O)[C@@H](O)CO. The van der Waals surface area contributed by atoms with Gasteiger partial charge >= 0.3 is 0 Å².